The predicted octanol–water partition coefficient (Wildman–Crippen LogP) is 8.34. The molecular weight excluding hydrogens is 444 g/mol. The number of hydrogen-bond acceptors (Lipinski definition) is 4. The van der Waals surface area contributed by atoms with Crippen LogP contribution in [-0.4, -0.2) is 11.6 Å². The van der Waals surface area contributed by atoms with Crippen LogP contribution in [0.3, 0.4) is 0 Å². The van der Waals surface area contributed by atoms with Gasteiger partial charge in [-0.1, -0.05) is 59.7 Å². The van der Waals surface area contributed by atoms with Gasteiger partial charge >= 0.3 is 0 Å². The Kier molecular flexibility index (Phi) is 5.91. The van der Waals surface area contributed by atoms with Gasteiger partial charge in [0.05, 0.1) is 22.5 Å². The van der Waals surface area contributed by atoms with E-state index in [2.05, 4.69) is 76.4 Å². The number of aryl methyl sites for hydroxylation is 6. The van der Waals surface area contributed by atoms with Crippen molar-refractivity contribution >= 4 is 45.1 Å². The topological polar surface area (TPSA) is 58.2 Å². The summed E-state index contributed by atoms with van der Waals surface area (Å²) >= 11 is 0. The normalized spacial score (nSPS) is 13.2. The molecule has 0 aromatic heterocycles. The molecule has 0 fully saturated rings. The molecule has 1 aliphatic rings. The number of hydrogen-bond donors (Lipinski definition) is 2. The molecule has 0 heterocycles. The van der Waals surface area contributed by atoms with Gasteiger partial charge in [0.15, 0.2) is 11.6 Å². The van der Waals surface area contributed by atoms with Crippen LogP contribution in [0, 0.1) is 41.5 Å². The molecule has 0 aliphatic heterocycles. The summed E-state index contributed by atoms with van der Waals surface area (Å²) < 4.78 is 0. The van der Waals surface area contributed by atoms with Crippen LogP contribution in [0.2, 0.25) is 0 Å². The summed E-state index contributed by atoms with van der Waals surface area (Å²) in [5, 5.41) is 9.06. The number of rotatable bonds is 4. The zero-order valence-corrected chi connectivity index (χ0v) is 21.8. The van der Waals surface area contributed by atoms with Crippen LogP contribution in [0.4, 0.5) is 22.7 Å². The number of ketones is 2. The highest BCUT2D eigenvalue weighted by molar-refractivity contribution is 6.26. The number of carbonyl (C=O) groups excluding carboxylic acids is 2. The third kappa shape index (κ3) is 3.97. The Morgan fingerprint density at radius 3 is 1.19 bits per heavy atom. The Labute approximate surface area is 212 Å². The van der Waals surface area contributed by atoms with Gasteiger partial charge in [-0.05, 0) is 63.8 Å². The van der Waals surface area contributed by atoms with Crippen LogP contribution in [0.5, 0.6) is 0 Å². The molecule has 182 valence electrons. The van der Waals surface area contributed by atoms with Crippen molar-refractivity contribution in [1.29, 1.82) is 0 Å². The second kappa shape index (κ2) is 8.94. The first-order valence-corrected chi connectivity index (χ1v) is 12.5. The minimum atomic E-state index is 0.000621. The molecule has 4 nitrogen and oxygen atoms in total. The van der Waals surface area contributed by atoms with Crippen molar-refractivity contribution in [3.63, 3.8) is 0 Å². The fourth-order valence-electron chi connectivity index (χ4n) is 5.74. The fourth-order valence-corrected chi connectivity index (χ4v) is 5.74. The largest absolute Gasteiger partial charge is 0.354 e. The second-order valence-electron chi connectivity index (χ2n) is 10.2. The Morgan fingerprint density at radius 2 is 0.861 bits per heavy atom. The van der Waals surface area contributed by atoms with E-state index in [0.717, 1.165) is 55.8 Å². The SMILES string of the molecule is Cc1cc(C)c(Nc2c3c(c(Nc4c(C)cc(C)cc4C)c4ccccc24)C(=O)CCC3=O)c(C)c1. The van der Waals surface area contributed by atoms with Gasteiger partial charge in [-0.3, -0.25) is 9.59 Å². The Hall–Kier alpha value is -3.92. The zero-order valence-electron chi connectivity index (χ0n) is 21.8. The molecule has 0 saturated carbocycles. The number of carbonyl (C=O) groups is 2. The van der Waals surface area contributed by atoms with E-state index in [9.17, 15) is 9.59 Å². The summed E-state index contributed by atoms with van der Waals surface area (Å²) in [6.07, 6.45) is 0.458. The summed E-state index contributed by atoms with van der Waals surface area (Å²) in [6.45, 7) is 12.5. The predicted molar refractivity (Wildman–Crippen MR) is 150 cm³/mol. The van der Waals surface area contributed by atoms with Gasteiger partial charge in [0, 0.05) is 35.0 Å². The molecule has 0 unspecified atom stereocenters. The third-order valence-corrected chi connectivity index (χ3v) is 7.21. The molecule has 1 aliphatic carbocycles. The molecule has 5 rings (SSSR count). The van der Waals surface area contributed by atoms with Crippen LogP contribution in [0.1, 0.15) is 66.9 Å². The van der Waals surface area contributed by atoms with Gasteiger partial charge in [-0.25, -0.2) is 0 Å². The molecule has 2 N–H and O–H groups in total. The minimum absolute atomic E-state index is 0.000621. The lowest BCUT2D eigenvalue weighted by atomic mass is 9.83. The lowest BCUT2D eigenvalue weighted by Crippen LogP contribution is -2.21. The van der Waals surface area contributed by atoms with Crippen molar-refractivity contribution < 1.29 is 9.59 Å². The van der Waals surface area contributed by atoms with Gasteiger partial charge in [0.2, 0.25) is 0 Å². The summed E-state index contributed by atoms with van der Waals surface area (Å²) in [7, 11) is 0. The molecule has 0 bridgehead atoms. The average molecular weight is 477 g/mol. The van der Waals surface area contributed by atoms with E-state index in [4.69, 9.17) is 0 Å². The second-order valence-corrected chi connectivity index (χ2v) is 10.2. The first-order valence-electron chi connectivity index (χ1n) is 12.5. The number of nitrogens with one attached hydrogen (secondary N) is 2. The van der Waals surface area contributed by atoms with Crippen molar-refractivity contribution in [2.75, 3.05) is 10.6 Å². The van der Waals surface area contributed by atoms with Crippen molar-refractivity contribution in [2.45, 2.75) is 54.4 Å². The minimum Gasteiger partial charge on any atom is -0.354 e. The smallest absolute Gasteiger partial charge is 0.166 e. The number of fused-ring (bicyclic) bond motifs is 2. The molecule has 0 spiro atoms. The molecule has 4 aromatic carbocycles. The van der Waals surface area contributed by atoms with E-state index >= 15 is 0 Å². The number of anilines is 4. The summed E-state index contributed by atoms with van der Waals surface area (Å²) in [5.74, 6) is 0.00124. The molecule has 4 heteroatoms. The quantitative estimate of drug-likeness (QED) is 0.291. The van der Waals surface area contributed by atoms with E-state index in [-0.39, 0.29) is 24.4 Å². The van der Waals surface area contributed by atoms with Crippen LogP contribution >= 0.6 is 0 Å². The van der Waals surface area contributed by atoms with Crippen molar-refractivity contribution in [3.05, 3.63) is 93.0 Å². The molecule has 0 atom stereocenters. The standard InChI is InChI=1S/C32H32N2O2/c1-17-13-19(3)29(20(4)14-17)33-31-23-9-7-8-10-24(23)32(28-26(36)12-11-25(35)27(28)31)34-30-21(5)15-18(2)16-22(30)6/h7-10,13-16,33-34H,11-12H2,1-6H3. The Balaban J connectivity index is 1.82. The van der Waals surface area contributed by atoms with Crippen LogP contribution in [0.15, 0.2) is 48.5 Å². The van der Waals surface area contributed by atoms with Crippen LogP contribution < -0.4 is 10.6 Å². The Bertz CT molecular complexity index is 1420. The molecule has 0 radical (unpaired) electrons. The first-order chi connectivity index (χ1) is 17.2. The molecule has 4 aromatic rings. The monoisotopic (exact) mass is 476 g/mol. The maximum atomic E-state index is 13.5. The van der Waals surface area contributed by atoms with E-state index in [0.29, 0.717) is 11.1 Å². The van der Waals surface area contributed by atoms with Crippen LogP contribution in [-0.2, 0) is 0 Å². The summed E-state index contributed by atoms with van der Waals surface area (Å²) in [6, 6.07) is 16.6. The highest BCUT2D eigenvalue weighted by Crippen LogP contribution is 2.45. The van der Waals surface area contributed by atoms with Crippen molar-refractivity contribution in [2.24, 2.45) is 0 Å². The highest BCUT2D eigenvalue weighted by Gasteiger charge is 2.32. The molecule has 0 saturated heterocycles. The van der Waals surface area contributed by atoms with Gasteiger partial charge < -0.3 is 10.6 Å². The van der Waals surface area contributed by atoms with Crippen molar-refractivity contribution in [3.8, 4) is 0 Å². The third-order valence-electron chi connectivity index (χ3n) is 7.21. The van der Waals surface area contributed by atoms with Gasteiger partial charge in [-0.2, -0.15) is 0 Å². The van der Waals surface area contributed by atoms with Gasteiger partial charge in [-0.15, -0.1) is 0 Å². The van der Waals surface area contributed by atoms with Crippen LogP contribution in [0.25, 0.3) is 10.8 Å². The highest BCUT2D eigenvalue weighted by atomic mass is 16.1. The molecule has 0 amide bonds. The van der Waals surface area contributed by atoms with Gasteiger partial charge in [0.1, 0.15) is 0 Å². The van der Waals surface area contributed by atoms with E-state index in [1.165, 1.54) is 11.1 Å². The number of Topliss-reactive ketones (excluding diaryl/α,β-unsaturated/α-hetero) is 2. The lowest BCUT2D eigenvalue weighted by molar-refractivity contribution is 0.0892. The average Bonchev–Trinajstić information content (AvgIpc) is 2.81. The fraction of sp³-hybridized carbons (Fsp3) is 0.250. The van der Waals surface area contributed by atoms with E-state index < -0.39 is 0 Å². The summed E-state index contributed by atoms with van der Waals surface area (Å²) in [5.41, 5.74) is 11.2. The zero-order chi connectivity index (χ0) is 25.7. The summed E-state index contributed by atoms with van der Waals surface area (Å²) in [4.78, 5) is 26.9. The van der Waals surface area contributed by atoms with Crippen molar-refractivity contribution in [1.82, 2.24) is 0 Å². The number of benzene rings is 4. The lowest BCUT2D eigenvalue weighted by Gasteiger charge is -2.27. The first kappa shape index (κ1) is 23.8. The Morgan fingerprint density at radius 1 is 0.528 bits per heavy atom. The van der Waals surface area contributed by atoms with E-state index in [1.807, 2.05) is 24.3 Å². The molecule has 36 heavy (non-hydrogen) atoms. The van der Waals surface area contributed by atoms with E-state index in [1.54, 1.807) is 0 Å². The maximum Gasteiger partial charge on any atom is 0.166 e. The molecular formula is C32H32N2O2. The maximum absolute atomic E-state index is 13.5. The van der Waals surface area contributed by atoms with Gasteiger partial charge in [0.25, 0.3) is 0 Å².